The van der Waals surface area contributed by atoms with Gasteiger partial charge >= 0.3 is 5.97 Å². The lowest BCUT2D eigenvalue weighted by atomic mass is 9.76. The zero-order chi connectivity index (χ0) is 17.9. The van der Waals surface area contributed by atoms with Crippen LogP contribution in [0.5, 0.6) is 0 Å². The fraction of sp³-hybridized carbons (Fsp3) is 0.500. The van der Waals surface area contributed by atoms with Crippen LogP contribution in [-0.2, 0) is 9.59 Å². The Morgan fingerprint density at radius 2 is 2.04 bits per heavy atom. The summed E-state index contributed by atoms with van der Waals surface area (Å²) < 4.78 is 0. The summed E-state index contributed by atoms with van der Waals surface area (Å²) in [5.74, 6) is -1.23. The van der Waals surface area contributed by atoms with E-state index in [1.807, 2.05) is 13.8 Å². The minimum Gasteiger partial charge on any atom is -0.481 e. The summed E-state index contributed by atoms with van der Waals surface area (Å²) >= 11 is 0. The molecular formula is C18H24N2O4. The SMILES string of the molecule is CCC(=O)Nc1cccc(C(=O)N2CCC(C(=O)O)(C(C)C)C2)c1. The molecule has 24 heavy (non-hydrogen) atoms. The summed E-state index contributed by atoms with van der Waals surface area (Å²) in [5.41, 5.74) is 0.137. The number of carboxylic acid groups (broad SMARTS) is 1. The number of nitrogens with zero attached hydrogens (tertiary/aromatic N) is 1. The van der Waals surface area contributed by atoms with Gasteiger partial charge in [0.2, 0.25) is 5.91 Å². The molecule has 2 amide bonds. The van der Waals surface area contributed by atoms with Gasteiger partial charge in [0.15, 0.2) is 0 Å². The number of likely N-dealkylation sites (tertiary alicyclic amines) is 1. The Labute approximate surface area is 141 Å². The van der Waals surface area contributed by atoms with Crippen LogP contribution in [0.25, 0.3) is 0 Å². The normalized spacial score (nSPS) is 20.2. The van der Waals surface area contributed by atoms with Gasteiger partial charge in [-0.2, -0.15) is 0 Å². The molecule has 130 valence electrons. The number of aliphatic carboxylic acids is 1. The summed E-state index contributed by atoms with van der Waals surface area (Å²) in [6, 6.07) is 6.75. The van der Waals surface area contributed by atoms with E-state index in [-0.39, 0.29) is 24.3 Å². The van der Waals surface area contributed by atoms with Crippen molar-refractivity contribution in [2.75, 3.05) is 18.4 Å². The molecule has 1 aliphatic rings. The minimum absolute atomic E-state index is 0.0528. The molecule has 0 saturated carbocycles. The molecule has 6 nitrogen and oxygen atoms in total. The molecule has 6 heteroatoms. The van der Waals surface area contributed by atoms with E-state index in [1.54, 1.807) is 36.1 Å². The van der Waals surface area contributed by atoms with Crippen molar-refractivity contribution in [1.82, 2.24) is 4.90 Å². The lowest BCUT2D eigenvalue weighted by molar-refractivity contribution is -0.150. The molecule has 1 atom stereocenters. The van der Waals surface area contributed by atoms with Gasteiger partial charge in [0.1, 0.15) is 0 Å². The molecule has 0 radical (unpaired) electrons. The summed E-state index contributed by atoms with van der Waals surface area (Å²) in [4.78, 5) is 37.5. The van der Waals surface area contributed by atoms with E-state index in [9.17, 15) is 19.5 Å². The molecule has 1 fully saturated rings. The second-order valence-electron chi connectivity index (χ2n) is 6.58. The Morgan fingerprint density at radius 3 is 2.58 bits per heavy atom. The summed E-state index contributed by atoms with van der Waals surface area (Å²) in [6.07, 6.45) is 0.817. The first kappa shape index (κ1) is 18.0. The first-order valence-corrected chi connectivity index (χ1v) is 8.22. The third-order valence-corrected chi connectivity index (χ3v) is 4.83. The molecule has 1 heterocycles. The van der Waals surface area contributed by atoms with Crippen molar-refractivity contribution in [1.29, 1.82) is 0 Å². The third kappa shape index (κ3) is 3.42. The van der Waals surface area contributed by atoms with Crippen molar-refractivity contribution < 1.29 is 19.5 Å². The van der Waals surface area contributed by atoms with E-state index in [0.29, 0.717) is 30.6 Å². The van der Waals surface area contributed by atoms with E-state index in [1.165, 1.54) is 0 Å². The standard InChI is InChI=1S/C18H24N2O4/c1-4-15(21)19-14-7-5-6-13(10-14)16(22)20-9-8-18(11-20,12(2)3)17(23)24/h5-7,10,12H,4,8-9,11H2,1-3H3,(H,19,21)(H,23,24). The lowest BCUT2D eigenvalue weighted by Gasteiger charge is -2.28. The fourth-order valence-corrected chi connectivity index (χ4v) is 3.06. The van der Waals surface area contributed by atoms with Crippen LogP contribution >= 0.6 is 0 Å². The molecule has 0 bridgehead atoms. The number of carboxylic acids is 1. The number of hydrogen-bond donors (Lipinski definition) is 2. The lowest BCUT2D eigenvalue weighted by Crippen LogP contribution is -2.40. The third-order valence-electron chi connectivity index (χ3n) is 4.83. The fourth-order valence-electron chi connectivity index (χ4n) is 3.06. The average molecular weight is 332 g/mol. The van der Waals surface area contributed by atoms with E-state index in [4.69, 9.17) is 0 Å². The highest BCUT2D eigenvalue weighted by molar-refractivity contribution is 5.97. The number of hydrogen-bond acceptors (Lipinski definition) is 3. The molecule has 1 saturated heterocycles. The predicted octanol–water partition coefficient (Wildman–Crippen LogP) is 2.61. The summed E-state index contributed by atoms with van der Waals surface area (Å²) in [5, 5.41) is 12.3. The highest BCUT2D eigenvalue weighted by Gasteiger charge is 2.48. The highest BCUT2D eigenvalue weighted by atomic mass is 16.4. The number of carbonyl (C=O) groups is 3. The number of nitrogens with one attached hydrogen (secondary N) is 1. The van der Waals surface area contributed by atoms with Crippen LogP contribution in [0.1, 0.15) is 44.0 Å². The van der Waals surface area contributed by atoms with Crippen molar-refractivity contribution >= 4 is 23.5 Å². The Balaban J connectivity index is 2.17. The predicted molar refractivity (Wildman–Crippen MR) is 90.8 cm³/mol. The first-order chi connectivity index (χ1) is 11.3. The van der Waals surface area contributed by atoms with Gasteiger partial charge in [-0.3, -0.25) is 14.4 Å². The van der Waals surface area contributed by atoms with Crippen LogP contribution in [0.4, 0.5) is 5.69 Å². The Hall–Kier alpha value is -2.37. The monoisotopic (exact) mass is 332 g/mol. The molecule has 2 rings (SSSR count). The summed E-state index contributed by atoms with van der Waals surface area (Å²) in [6.45, 7) is 6.15. The van der Waals surface area contributed by atoms with Crippen LogP contribution in [-0.4, -0.2) is 40.9 Å². The summed E-state index contributed by atoms with van der Waals surface area (Å²) in [7, 11) is 0. The van der Waals surface area contributed by atoms with Gasteiger partial charge in [0.25, 0.3) is 5.91 Å². The van der Waals surface area contributed by atoms with Gasteiger partial charge in [0, 0.05) is 30.8 Å². The van der Waals surface area contributed by atoms with Gasteiger partial charge < -0.3 is 15.3 Å². The van der Waals surface area contributed by atoms with E-state index in [2.05, 4.69) is 5.32 Å². The molecular weight excluding hydrogens is 308 g/mol. The van der Waals surface area contributed by atoms with Crippen LogP contribution in [0.2, 0.25) is 0 Å². The Morgan fingerprint density at radius 1 is 1.33 bits per heavy atom. The number of amides is 2. The van der Waals surface area contributed by atoms with E-state index >= 15 is 0 Å². The molecule has 1 aliphatic heterocycles. The molecule has 0 aliphatic carbocycles. The minimum atomic E-state index is -0.885. The van der Waals surface area contributed by atoms with Crippen molar-refractivity contribution in [3.8, 4) is 0 Å². The van der Waals surface area contributed by atoms with E-state index in [0.717, 1.165) is 0 Å². The van der Waals surface area contributed by atoms with Crippen molar-refractivity contribution in [2.45, 2.75) is 33.6 Å². The number of anilines is 1. The zero-order valence-electron chi connectivity index (χ0n) is 14.3. The van der Waals surface area contributed by atoms with Crippen LogP contribution in [0, 0.1) is 11.3 Å². The molecule has 2 N–H and O–H groups in total. The maximum Gasteiger partial charge on any atom is 0.311 e. The van der Waals surface area contributed by atoms with Gasteiger partial charge in [-0.25, -0.2) is 0 Å². The Bertz CT molecular complexity index is 656. The average Bonchev–Trinajstić information content (AvgIpc) is 3.01. The van der Waals surface area contributed by atoms with Crippen molar-refractivity contribution in [3.63, 3.8) is 0 Å². The molecule has 1 aromatic rings. The van der Waals surface area contributed by atoms with E-state index < -0.39 is 11.4 Å². The topological polar surface area (TPSA) is 86.7 Å². The van der Waals surface area contributed by atoms with Crippen LogP contribution in [0.3, 0.4) is 0 Å². The van der Waals surface area contributed by atoms with Gasteiger partial charge in [-0.05, 0) is 30.5 Å². The number of benzene rings is 1. The van der Waals surface area contributed by atoms with Crippen molar-refractivity contribution in [2.24, 2.45) is 11.3 Å². The molecule has 0 spiro atoms. The molecule has 1 aromatic carbocycles. The smallest absolute Gasteiger partial charge is 0.311 e. The maximum atomic E-state index is 12.7. The Kier molecular flexibility index (Phi) is 5.26. The molecule has 0 aromatic heterocycles. The van der Waals surface area contributed by atoms with Crippen molar-refractivity contribution in [3.05, 3.63) is 29.8 Å². The second-order valence-corrected chi connectivity index (χ2v) is 6.58. The zero-order valence-corrected chi connectivity index (χ0v) is 14.3. The van der Waals surface area contributed by atoms with Gasteiger partial charge in [-0.1, -0.05) is 26.8 Å². The maximum absolute atomic E-state index is 12.7. The largest absolute Gasteiger partial charge is 0.481 e. The first-order valence-electron chi connectivity index (χ1n) is 8.22. The molecule has 1 unspecified atom stereocenters. The number of rotatable bonds is 5. The second kappa shape index (κ2) is 7.03. The van der Waals surface area contributed by atoms with Crippen LogP contribution < -0.4 is 5.32 Å². The van der Waals surface area contributed by atoms with Crippen LogP contribution in [0.15, 0.2) is 24.3 Å². The highest BCUT2D eigenvalue weighted by Crippen LogP contribution is 2.38. The van der Waals surface area contributed by atoms with Gasteiger partial charge in [0.05, 0.1) is 5.41 Å². The quantitative estimate of drug-likeness (QED) is 0.868. The number of carbonyl (C=O) groups excluding carboxylic acids is 2. The van der Waals surface area contributed by atoms with Gasteiger partial charge in [-0.15, -0.1) is 0 Å².